The first-order chi connectivity index (χ1) is 17.5. The van der Waals surface area contributed by atoms with E-state index in [0.29, 0.717) is 31.7 Å². The molecule has 1 saturated carbocycles. The zero-order valence-corrected chi connectivity index (χ0v) is 21.1. The van der Waals surface area contributed by atoms with E-state index in [4.69, 9.17) is 5.73 Å². The van der Waals surface area contributed by atoms with Crippen molar-refractivity contribution in [1.29, 1.82) is 0 Å². The molecule has 1 aliphatic carbocycles. The molecule has 3 fully saturated rings. The third-order valence-electron chi connectivity index (χ3n) is 8.03. The number of hydrogen-bond donors (Lipinski definition) is 2. The average molecular weight is 538 g/mol. The number of sulfonamides is 1. The molecule has 1 amide bonds. The lowest BCUT2D eigenvalue weighted by Gasteiger charge is -2.34. The van der Waals surface area contributed by atoms with Gasteiger partial charge in [0.05, 0.1) is 10.5 Å². The van der Waals surface area contributed by atoms with Gasteiger partial charge in [0.1, 0.15) is 5.82 Å². The first-order valence-electron chi connectivity index (χ1n) is 12.4. The molecule has 3 N–H and O–H groups in total. The molecule has 1 atom stereocenters. The number of primary amides is 1. The first-order valence-corrected chi connectivity index (χ1v) is 13.9. The standard InChI is InChI=1S/C25H30F3N5O3S/c26-25(27,28)17-1-6-22(30-16-17)31-18-7-11-33(12-8-18)37(35,36)20-4-2-19(3-5-20)32-13-9-24(10-14-32)15-21(24)23(29)34/h1-6,16,18,21H,7-15H2,(H2,29,34)(H,30,31). The molecule has 1 spiro atoms. The number of benzene rings is 1. The summed E-state index contributed by atoms with van der Waals surface area (Å²) in [6.07, 6.45) is 0.0744. The molecule has 1 unspecified atom stereocenters. The lowest BCUT2D eigenvalue weighted by Crippen LogP contribution is -2.42. The summed E-state index contributed by atoms with van der Waals surface area (Å²) in [6.45, 7) is 2.23. The molecule has 37 heavy (non-hydrogen) atoms. The van der Waals surface area contributed by atoms with Crippen molar-refractivity contribution in [3.63, 3.8) is 0 Å². The van der Waals surface area contributed by atoms with Crippen molar-refractivity contribution in [2.75, 3.05) is 36.4 Å². The number of anilines is 2. The number of hydrogen-bond acceptors (Lipinski definition) is 6. The summed E-state index contributed by atoms with van der Waals surface area (Å²) in [5, 5.41) is 3.10. The van der Waals surface area contributed by atoms with Crippen LogP contribution in [0.2, 0.25) is 0 Å². The number of nitrogens with two attached hydrogens (primary N) is 1. The lowest BCUT2D eigenvalue weighted by atomic mass is 9.90. The first kappa shape index (κ1) is 25.8. The molecule has 1 aromatic heterocycles. The Labute approximate surface area is 214 Å². The van der Waals surface area contributed by atoms with E-state index >= 15 is 0 Å². The highest BCUT2D eigenvalue weighted by atomic mass is 32.2. The van der Waals surface area contributed by atoms with E-state index in [1.807, 2.05) is 12.1 Å². The molecule has 0 bridgehead atoms. The highest BCUT2D eigenvalue weighted by Crippen LogP contribution is 2.59. The molecule has 5 rings (SSSR count). The number of piperidine rings is 2. The number of alkyl halides is 3. The monoisotopic (exact) mass is 537 g/mol. The summed E-state index contributed by atoms with van der Waals surface area (Å²) >= 11 is 0. The third kappa shape index (κ3) is 5.26. The van der Waals surface area contributed by atoms with Crippen molar-refractivity contribution in [3.05, 3.63) is 48.2 Å². The van der Waals surface area contributed by atoms with E-state index in [0.717, 1.165) is 50.3 Å². The van der Waals surface area contributed by atoms with Crippen LogP contribution in [0.5, 0.6) is 0 Å². The molecule has 12 heteroatoms. The van der Waals surface area contributed by atoms with Gasteiger partial charge < -0.3 is 16.0 Å². The number of aromatic nitrogens is 1. The minimum atomic E-state index is -4.44. The minimum Gasteiger partial charge on any atom is -0.371 e. The Balaban J connectivity index is 1.14. The predicted octanol–water partition coefficient (Wildman–Crippen LogP) is 3.46. The molecule has 0 radical (unpaired) electrons. The molecule has 3 heterocycles. The van der Waals surface area contributed by atoms with Crippen LogP contribution in [0.25, 0.3) is 0 Å². The van der Waals surface area contributed by atoms with Gasteiger partial charge in [0, 0.05) is 50.0 Å². The summed E-state index contributed by atoms with van der Waals surface area (Å²) < 4.78 is 66.0. The Kier molecular flexibility index (Phi) is 6.59. The summed E-state index contributed by atoms with van der Waals surface area (Å²) in [6, 6.07) is 9.10. The predicted molar refractivity (Wildman–Crippen MR) is 132 cm³/mol. The molecular weight excluding hydrogens is 507 g/mol. The number of nitrogens with one attached hydrogen (secondary N) is 1. The van der Waals surface area contributed by atoms with Crippen molar-refractivity contribution in [1.82, 2.24) is 9.29 Å². The highest BCUT2D eigenvalue weighted by Gasteiger charge is 2.57. The molecule has 2 aliphatic heterocycles. The molecule has 2 saturated heterocycles. The number of nitrogens with zero attached hydrogens (tertiary/aromatic N) is 3. The van der Waals surface area contributed by atoms with Crippen molar-refractivity contribution in [2.24, 2.45) is 17.1 Å². The van der Waals surface area contributed by atoms with Crippen LogP contribution in [0.4, 0.5) is 24.7 Å². The van der Waals surface area contributed by atoms with Crippen LogP contribution in [-0.2, 0) is 21.0 Å². The van der Waals surface area contributed by atoms with Gasteiger partial charge in [0.25, 0.3) is 0 Å². The van der Waals surface area contributed by atoms with E-state index in [1.54, 1.807) is 12.1 Å². The molecule has 2 aromatic rings. The van der Waals surface area contributed by atoms with Crippen molar-refractivity contribution < 1.29 is 26.4 Å². The summed E-state index contributed by atoms with van der Waals surface area (Å²) in [7, 11) is -3.66. The maximum atomic E-state index is 13.2. The van der Waals surface area contributed by atoms with Gasteiger partial charge in [-0.3, -0.25) is 4.79 Å². The Hall–Kier alpha value is -2.86. The van der Waals surface area contributed by atoms with Gasteiger partial charge in [-0.05, 0) is 73.9 Å². The molecule has 200 valence electrons. The fourth-order valence-electron chi connectivity index (χ4n) is 5.59. The zero-order valence-electron chi connectivity index (χ0n) is 20.2. The topological polar surface area (TPSA) is 109 Å². The second-order valence-electron chi connectivity index (χ2n) is 10.3. The van der Waals surface area contributed by atoms with E-state index in [2.05, 4.69) is 15.2 Å². The second kappa shape index (κ2) is 9.46. The Morgan fingerprint density at radius 3 is 2.19 bits per heavy atom. The van der Waals surface area contributed by atoms with Gasteiger partial charge >= 0.3 is 6.18 Å². The minimum absolute atomic E-state index is 0.00675. The van der Waals surface area contributed by atoms with Crippen molar-refractivity contribution in [3.8, 4) is 0 Å². The van der Waals surface area contributed by atoms with Gasteiger partial charge in [-0.15, -0.1) is 0 Å². The highest BCUT2D eigenvalue weighted by molar-refractivity contribution is 7.89. The molecule has 3 aliphatic rings. The number of pyridine rings is 1. The fraction of sp³-hybridized carbons (Fsp3) is 0.520. The molecule has 8 nitrogen and oxygen atoms in total. The molecular formula is C25H30F3N5O3S. The van der Waals surface area contributed by atoms with E-state index in [9.17, 15) is 26.4 Å². The maximum Gasteiger partial charge on any atom is 0.417 e. The summed E-state index contributed by atoms with van der Waals surface area (Å²) in [5.41, 5.74) is 5.68. The summed E-state index contributed by atoms with van der Waals surface area (Å²) in [4.78, 5) is 17.8. The third-order valence-corrected chi connectivity index (χ3v) is 9.94. The van der Waals surface area contributed by atoms with Crippen LogP contribution in [0.1, 0.15) is 37.7 Å². The zero-order chi connectivity index (χ0) is 26.4. The van der Waals surface area contributed by atoms with Gasteiger partial charge in [-0.2, -0.15) is 17.5 Å². The quantitative estimate of drug-likeness (QED) is 0.584. The SMILES string of the molecule is NC(=O)C1CC12CCN(c1ccc(S(=O)(=O)N3CCC(Nc4ccc(C(F)(F)F)cn4)CC3)cc1)CC2. The van der Waals surface area contributed by atoms with Crippen LogP contribution in [-0.4, -0.2) is 55.8 Å². The van der Waals surface area contributed by atoms with Crippen LogP contribution < -0.4 is 16.0 Å². The van der Waals surface area contributed by atoms with Crippen molar-refractivity contribution >= 4 is 27.4 Å². The normalized spacial score (nSPS) is 22.7. The largest absolute Gasteiger partial charge is 0.417 e. The number of carbonyl (C=O) groups excluding carboxylic acids is 1. The average Bonchev–Trinajstić information content (AvgIpc) is 3.58. The fourth-order valence-corrected chi connectivity index (χ4v) is 7.06. The van der Waals surface area contributed by atoms with Crippen molar-refractivity contribution in [2.45, 2.75) is 49.2 Å². The van der Waals surface area contributed by atoms with Crippen LogP contribution in [0, 0.1) is 11.3 Å². The smallest absolute Gasteiger partial charge is 0.371 e. The summed E-state index contributed by atoms with van der Waals surface area (Å²) in [5.74, 6) is 0.118. The maximum absolute atomic E-state index is 13.2. The van der Waals surface area contributed by atoms with Crippen LogP contribution >= 0.6 is 0 Å². The molecule has 1 aromatic carbocycles. The van der Waals surface area contributed by atoms with Gasteiger partial charge in [-0.25, -0.2) is 13.4 Å². The van der Waals surface area contributed by atoms with Gasteiger partial charge in [-0.1, -0.05) is 0 Å². The van der Waals surface area contributed by atoms with Crippen LogP contribution in [0.15, 0.2) is 47.5 Å². The van der Waals surface area contributed by atoms with E-state index in [1.165, 1.54) is 10.4 Å². The number of rotatable bonds is 6. The van der Waals surface area contributed by atoms with E-state index in [-0.39, 0.29) is 28.2 Å². The lowest BCUT2D eigenvalue weighted by molar-refractivity contribution is -0.137. The van der Waals surface area contributed by atoms with Gasteiger partial charge in [0.15, 0.2) is 0 Å². The number of carbonyl (C=O) groups is 1. The Morgan fingerprint density at radius 1 is 1.03 bits per heavy atom. The van der Waals surface area contributed by atoms with Gasteiger partial charge in [0.2, 0.25) is 15.9 Å². The number of amides is 1. The number of halogens is 3. The Morgan fingerprint density at radius 2 is 1.68 bits per heavy atom. The Bertz CT molecular complexity index is 1240. The second-order valence-corrected chi connectivity index (χ2v) is 12.2. The van der Waals surface area contributed by atoms with Crippen LogP contribution in [0.3, 0.4) is 0 Å². The van der Waals surface area contributed by atoms with E-state index < -0.39 is 21.8 Å².